The fourth-order valence-corrected chi connectivity index (χ4v) is 8.28. The molecule has 7 heteroatoms. The molecule has 3 unspecified atom stereocenters. The number of aliphatic carboxylic acids is 1. The Labute approximate surface area is 212 Å². The van der Waals surface area contributed by atoms with E-state index in [1.165, 1.54) is 7.11 Å². The second-order valence-electron chi connectivity index (χ2n) is 11.0. The Morgan fingerprint density at radius 3 is 2.47 bits per heavy atom. The molecule has 6 nitrogen and oxygen atoms in total. The first-order valence-corrected chi connectivity index (χ1v) is 11.7. The van der Waals surface area contributed by atoms with E-state index in [9.17, 15) is 24.6 Å². The standard InChI is InChI=1S/C25H36O6.Na/c1-14-18-13-15(26)5-9-23(18,2)16-6-10-24(3)17(21(16)20(14)22(29)31-4)7-11-25(24,30)12-8-19(27)28;/h13-14,16-17,20-21,30H,5-12H2,1-4H3,(H,27,28);/q;+1/p-1/t14-,16?,17?,20+,21?,23+,24-,25+;/m0./s1. The molecule has 0 saturated heterocycles. The summed E-state index contributed by atoms with van der Waals surface area (Å²) in [6, 6.07) is 0. The van der Waals surface area contributed by atoms with Crippen LogP contribution in [0.2, 0.25) is 0 Å². The number of rotatable bonds is 4. The van der Waals surface area contributed by atoms with Crippen molar-refractivity contribution in [1.29, 1.82) is 0 Å². The summed E-state index contributed by atoms with van der Waals surface area (Å²) in [7, 11) is 1.42. The first-order valence-electron chi connectivity index (χ1n) is 11.7. The molecule has 0 aromatic heterocycles. The molecule has 0 amide bonds. The average Bonchev–Trinajstić information content (AvgIpc) is 2.99. The molecule has 3 saturated carbocycles. The zero-order valence-electron chi connectivity index (χ0n) is 20.1. The molecule has 0 aliphatic heterocycles. The van der Waals surface area contributed by atoms with Gasteiger partial charge in [-0.3, -0.25) is 9.59 Å². The van der Waals surface area contributed by atoms with Gasteiger partial charge in [0.15, 0.2) is 5.78 Å². The van der Waals surface area contributed by atoms with Crippen molar-refractivity contribution in [3.05, 3.63) is 11.6 Å². The Morgan fingerprint density at radius 2 is 1.84 bits per heavy atom. The first-order chi connectivity index (χ1) is 14.5. The van der Waals surface area contributed by atoms with Crippen molar-refractivity contribution in [3.8, 4) is 0 Å². The number of ether oxygens (including phenoxy) is 1. The number of methoxy groups -OCH3 is 1. The van der Waals surface area contributed by atoms with Crippen molar-refractivity contribution in [3.63, 3.8) is 0 Å². The maximum atomic E-state index is 13.1. The van der Waals surface area contributed by atoms with Gasteiger partial charge in [-0.15, -0.1) is 0 Å². The van der Waals surface area contributed by atoms with Crippen LogP contribution in [0.15, 0.2) is 11.6 Å². The minimum absolute atomic E-state index is 0. The van der Waals surface area contributed by atoms with Gasteiger partial charge < -0.3 is 19.7 Å². The van der Waals surface area contributed by atoms with E-state index in [0.29, 0.717) is 12.8 Å². The van der Waals surface area contributed by atoms with E-state index in [-0.39, 0.29) is 89.2 Å². The Bertz CT molecular complexity index is 838. The first kappa shape index (κ1) is 25.9. The molecule has 4 aliphatic rings. The van der Waals surface area contributed by atoms with Crippen LogP contribution in [0.25, 0.3) is 0 Å². The molecule has 0 spiro atoms. The SMILES string of the molecule is COC(=O)[C@H]1C2C(CC[C@@]3(C)C2CC[C@@]3(O)CCC(=O)[O-])[C@@]2(C)CCC(=O)C=C2[C@@H]1C.[Na+]. The summed E-state index contributed by atoms with van der Waals surface area (Å²) in [5.41, 5.74) is -0.548. The molecule has 0 aromatic carbocycles. The molecule has 0 heterocycles. The maximum absolute atomic E-state index is 13.1. The summed E-state index contributed by atoms with van der Waals surface area (Å²) >= 11 is 0. The fourth-order valence-electron chi connectivity index (χ4n) is 8.28. The van der Waals surface area contributed by atoms with Crippen LogP contribution in [0.3, 0.4) is 0 Å². The van der Waals surface area contributed by atoms with E-state index >= 15 is 0 Å². The number of carbonyl (C=O) groups is 3. The normalized spacial score (nSPS) is 45.0. The molecule has 0 bridgehead atoms. The number of esters is 1. The molecule has 0 radical (unpaired) electrons. The monoisotopic (exact) mass is 454 g/mol. The summed E-state index contributed by atoms with van der Waals surface area (Å²) in [5, 5.41) is 22.7. The van der Waals surface area contributed by atoms with Gasteiger partial charge in [-0.2, -0.15) is 0 Å². The van der Waals surface area contributed by atoms with E-state index in [1.807, 2.05) is 6.92 Å². The number of carboxylic acids is 1. The van der Waals surface area contributed by atoms with Crippen LogP contribution in [-0.2, 0) is 19.1 Å². The van der Waals surface area contributed by atoms with Crippen LogP contribution in [0, 0.1) is 40.4 Å². The Balaban J connectivity index is 0.00000289. The van der Waals surface area contributed by atoms with Gasteiger partial charge in [0.2, 0.25) is 0 Å². The summed E-state index contributed by atoms with van der Waals surface area (Å²) in [6.45, 7) is 6.39. The fraction of sp³-hybridized carbons (Fsp3) is 0.800. The number of ketones is 1. The minimum Gasteiger partial charge on any atom is -0.550 e. The van der Waals surface area contributed by atoms with E-state index in [4.69, 9.17) is 4.74 Å². The van der Waals surface area contributed by atoms with Crippen LogP contribution in [-0.4, -0.2) is 35.5 Å². The van der Waals surface area contributed by atoms with Gasteiger partial charge in [-0.25, -0.2) is 0 Å². The van der Waals surface area contributed by atoms with E-state index in [0.717, 1.165) is 31.3 Å². The van der Waals surface area contributed by atoms with Crippen molar-refractivity contribution in [1.82, 2.24) is 0 Å². The van der Waals surface area contributed by atoms with Crippen LogP contribution in [0.1, 0.15) is 72.1 Å². The topological polar surface area (TPSA) is 104 Å². The van der Waals surface area contributed by atoms with Gasteiger partial charge in [0.05, 0.1) is 18.6 Å². The molecule has 3 fully saturated rings. The van der Waals surface area contributed by atoms with Gasteiger partial charge >= 0.3 is 35.5 Å². The smallest absolute Gasteiger partial charge is 0.550 e. The summed E-state index contributed by atoms with van der Waals surface area (Å²) in [4.78, 5) is 36.5. The van der Waals surface area contributed by atoms with Crippen molar-refractivity contribution < 1.29 is 58.9 Å². The van der Waals surface area contributed by atoms with Gasteiger partial charge in [0.25, 0.3) is 0 Å². The van der Waals surface area contributed by atoms with Gasteiger partial charge in [0.1, 0.15) is 0 Å². The van der Waals surface area contributed by atoms with Crippen LogP contribution < -0.4 is 34.7 Å². The zero-order chi connectivity index (χ0) is 22.8. The van der Waals surface area contributed by atoms with Crippen molar-refractivity contribution in [2.75, 3.05) is 7.11 Å². The van der Waals surface area contributed by atoms with E-state index in [1.54, 1.807) is 6.08 Å². The second-order valence-corrected chi connectivity index (χ2v) is 11.0. The average molecular weight is 455 g/mol. The van der Waals surface area contributed by atoms with Gasteiger partial charge in [-0.1, -0.05) is 26.3 Å². The Morgan fingerprint density at radius 1 is 1.19 bits per heavy atom. The third kappa shape index (κ3) is 3.64. The quantitative estimate of drug-likeness (QED) is 0.451. The third-order valence-electron chi connectivity index (χ3n) is 10.00. The molecule has 4 aliphatic carbocycles. The Hall–Kier alpha value is -0.690. The number of carbonyl (C=O) groups excluding carboxylic acids is 3. The van der Waals surface area contributed by atoms with Crippen molar-refractivity contribution in [2.45, 2.75) is 77.7 Å². The van der Waals surface area contributed by atoms with Crippen LogP contribution in [0.4, 0.5) is 0 Å². The van der Waals surface area contributed by atoms with Crippen LogP contribution in [0.5, 0.6) is 0 Å². The Kier molecular flexibility index (Phi) is 7.15. The molecule has 172 valence electrons. The molecule has 32 heavy (non-hydrogen) atoms. The number of aliphatic hydroxyl groups is 1. The molecular formula is C25H35NaO6. The number of carboxylic acid groups (broad SMARTS) is 1. The number of hydrogen-bond acceptors (Lipinski definition) is 6. The maximum Gasteiger partial charge on any atom is 1.00 e. The zero-order valence-corrected chi connectivity index (χ0v) is 22.1. The molecule has 1 N–H and O–H groups in total. The number of hydrogen-bond donors (Lipinski definition) is 1. The summed E-state index contributed by atoms with van der Waals surface area (Å²) in [5.74, 6) is -1.28. The predicted octanol–water partition coefficient (Wildman–Crippen LogP) is -0.571. The number of allylic oxidation sites excluding steroid dienone is 1. The van der Waals surface area contributed by atoms with Crippen LogP contribution >= 0.6 is 0 Å². The van der Waals surface area contributed by atoms with E-state index in [2.05, 4.69) is 13.8 Å². The van der Waals surface area contributed by atoms with Gasteiger partial charge in [0, 0.05) is 12.4 Å². The predicted molar refractivity (Wildman–Crippen MR) is 111 cm³/mol. The van der Waals surface area contributed by atoms with Crippen molar-refractivity contribution >= 4 is 17.7 Å². The molecular weight excluding hydrogens is 419 g/mol. The minimum atomic E-state index is -1.14. The van der Waals surface area contributed by atoms with E-state index < -0.39 is 17.0 Å². The van der Waals surface area contributed by atoms with Crippen molar-refractivity contribution in [2.24, 2.45) is 40.4 Å². The molecule has 4 rings (SSSR count). The summed E-state index contributed by atoms with van der Waals surface area (Å²) < 4.78 is 5.26. The molecule has 8 atom stereocenters. The largest absolute Gasteiger partial charge is 1.00 e. The third-order valence-corrected chi connectivity index (χ3v) is 10.00. The number of fused-ring (bicyclic) bond motifs is 5. The summed E-state index contributed by atoms with van der Waals surface area (Å²) in [6.07, 6.45) is 6.13. The van der Waals surface area contributed by atoms with Gasteiger partial charge in [-0.05, 0) is 85.5 Å². The molecule has 0 aromatic rings. The second kappa shape index (κ2) is 8.83.